The topological polar surface area (TPSA) is 60.0 Å². The zero-order valence-corrected chi connectivity index (χ0v) is 17.3. The van der Waals surface area contributed by atoms with Gasteiger partial charge in [0.1, 0.15) is 11.6 Å². The van der Waals surface area contributed by atoms with Gasteiger partial charge in [0.2, 0.25) is 0 Å². The van der Waals surface area contributed by atoms with E-state index in [1.54, 1.807) is 23.1 Å². The van der Waals surface area contributed by atoms with Crippen molar-refractivity contribution in [3.8, 4) is 16.9 Å². The molecule has 2 heterocycles. The number of nitrogens with zero attached hydrogens (tertiary/aromatic N) is 4. The van der Waals surface area contributed by atoms with E-state index < -0.39 is 11.6 Å². The number of hydrogen-bond acceptors (Lipinski definition) is 4. The molecule has 7 heteroatoms. The van der Waals surface area contributed by atoms with Crippen molar-refractivity contribution in [3.05, 3.63) is 95.4 Å². The van der Waals surface area contributed by atoms with Gasteiger partial charge >= 0.3 is 0 Å². The van der Waals surface area contributed by atoms with Crippen LogP contribution in [0.2, 0.25) is 0 Å². The minimum absolute atomic E-state index is 0.00673. The number of halogens is 2. The van der Waals surface area contributed by atoms with Gasteiger partial charge in [-0.15, -0.1) is 0 Å². The zero-order valence-electron chi connectivity index (χ0n) is 17.3. The van der Waals surface area contributed by atoms with Crippen LogP contribution in [0.3, 0.4) is 0 Å². The fraction of sp³-hybridized carbons (Fsp3) is 0.167. The molecule has 157 valence electrons. The summed E-state index contributed by atoms with van der Waals surface area (Å²) in [4.78, 5) is 6.52. The fourth-order valence-corrected chi connectivity index (χ4v) is 3.45. The van der Waals surface area contributed by atoms with Gasteiger partial charge in [0.15, 0.2) is 0 Å². The molecule has 0 saturated heterocycles. The fourth-order valence-electron chi connectivity index (χ4n) is 3.45. The summed E-state index contributed by atoms with van der Waals surface area (Å²) >= 11 is 0. The summed E-state index contributed by atoms with van der Waals surface area (Å²) in [6, 6.07) is 14.5. The third-order valence-electron chi connectivity index (χ3n) is 4.94. The average Bonchev–Trinajstić information content (AvgIpc) is 3.28. The third kappa shape index (κ3) is 4.46. The van der Waals surface area contributed by atoms with E-state index in [1.165, 1.54) is 18.2 Å². The van der Waals surface area contributed by atoms with Gasteiger partial charge in [0, 0.05) is 42.2 Å². The van der Waals surface area contributed by atoms with Gasteiger partial charge in [-0.25, -0.2) is 13.5 Å². The molecule has 2 aromatic carbocycles. The number of anilines is 1. The first-order chi connectivity index (χ1) is 14.9. The minimum Gasteiger partial charge on any atom is -0.398 e. The highest BCUT2D eigenvalue weighted by Crippen LogP contribution is 2.31. The van der Waals surface area contributed by atoms with E-state index >= 15 is 0 Å². The van der Waals surface area contributed by atoms with Crippen molar-refractivity contribution in [1.82, 2.24) is 19.7 Å². The lowest BCUT2D eigenvalue weighted by Gasteiger charge is -2.17. The second kappa shape index (κ2) is 8.65. The maximum atomic E-state index is 14.2. The van der Waals surface area contributed by atoms with Crippen molar-refractivity contribution >= 4 is 5.69 Å². The summed E-state index contributed by atoms with van der Waals surface area (Å²) in [5.41, 5.74) is 10.6. The SMILES string of the molecule is CN(C)Cc1[c]c(Cc2c(F)cccc2F)cc(-c2ccc(-n3cccn3)cn2)c1N. The molecule has 4 rings (SSSR count). The van der Waals surface area contributed by atoms with E-state index in [0.29, 0.717) is 29.1 Å². The largest absolute Gasteiger partial charge is 0.398 e. The summed E-state index contributed by atoms with van der Waals surface area (Å²) in [7, 11) is 3.85. The first-order valence-electron chi connectivity index (χ1n) is 9.80. The molecule has 0 fully saturated rings. The first-order valence-corrected chi connectivity index (χ1v) is 9.80. The summed E-state index contributed by atoms with van der Waals surface area (Å²) in [5, 5.41) is 4.20. The van der Waals surface area contributed by atoms with Gasteiger partial charge in [-0.3, -0.25) is 4.98 Å². The highest BCUT2D eigenvalue weighted by Gasteiger charge is 2.16. The van der Waals surface area contributed by atoms with E-state index in [0.717, 1.165) is 11.3 Å². The smallest absolute Gasteiger partial charge is 0.129 e. The highest BCUT2D eigenvalue weighted by molar-refractivity contribution is 5.77. The minimum atomic E-state index is -0.581. The number of aromatic nitrogens is 3. The monoisotopic (exact) mass is 418 g/mol. The molecule has 2 N–H and O–H groups in total. The molecule has 0 amide bonds. The van der Waals surface area contributed by atoms with E-state index in [-0.39, 0.29) is 12.0 Å². The van der Waals surface area contributed by atoms with Crippen LogP contribution < -0.4 is 5.73 Å². The molecule has 4 aromatic rings. The summed E-state index contributed by atoms with van der Waals surface area (Å²) < 4.78 is 30.2. The maximum absolute atomic E-state index is 14.2. The number of rotatable bonds is 6. The van der Waals surface area contributed by atoms with Gasteiger partial charge in [-0.1, -0.05) is 6.07 Å². The summed E-state index contributed by atoms with van der Waals surface area (Å²) in [5.74, 6) is -1.16. The number of benzene rings is 2. The molecule has 0 aliphatic rings. The number of hydrogen-bond donors (Lipinski definition) is 1. The van der Waals surface area contributed by atoms with Crippen molar-refractivity contribution in [2.45, 2.75) is 13.0 Å². The molecular weight excluding hydrogens is 396 g/mol. The van der Waals surface area contributed by atoms with Crippen LogP contribution >= 0.6 is 0 Å². The van der Waals surface area contributed by atoms with Gasteiger partial charge in [0.05, 0.1) is 17.6 Å². The quantitative estimate of drug-likeness (QED) is 0.476. The van der Waals surface area contributed by atoms with E-state index in [9.17, 15) is 8.78 Å². The van der Waals surface area contributed by atoms with E-state index in [4.69, 9.17) is 5.73 Å². The lowest BCUT2D eigenvalue weighted by atomic mass is 9.95. The Morgan fingerprint density at radius 1 is 1.10 bits per heavy atom. The Morgan fingerprint density at radius 2 is 1.87 bits per heavy atom. The number of pyridine rings is 1. The van der Waals surface area contributed by atoms with Crippen LogP contribution in [0.4, 0.5) is 14.5 Å². The molecule has 31 heavy (non-hydrogen) atoms. The molecule has 0 bridgehead atoms. The molecule has 2 aromatic heterocycles. The van der Waals surface area contributed by atoms with Crippen LogP contribution in [-0.4, -0.2) is 33.8 Å². The van der Waals surface area contributed by atoms with Crippen LogP contribution in [0.5, 0.6) is 0 Å². The Labute approximate surface area is 179 Å². The molecule has 0 saturated carbocycles. The average molecular weight is 418 g/mol. The molecule has 0 unspecified atom stereocenters. The maximum Gasteiger partial charge on any atom is 0.129 e. The number of nitrogen functional groups attached to an aromatic ring is 1. The lowest BCUT2D eigenvalue weighted by Crippen LogP contribution is -2.14. The normalized spacial score (nSPS) is 11.3. The van der Waals surface area contributed by atoms with Crippen molar-refractivity contribution in [2.24, 2.45) is 0 Å². The zero-order chi connectivity index (χ0) is 22.0. The summed E-state index contributed by atoms with van der Waals surface area (Å²) in [6.07, 6.45) is 5.30. The standard InChI is InChI=1S/C24H22F2N5/c1-30(2)15-17-11-16(12-19-21(25)5-3-6-22(19)26)13-20(24(17)27)23-8-7-18(14-28-23)31-10-4-9-29-31/h3-10,13-14H,12,15,27H2,1-2H3. The highest BCUT2D eigenvalue weighted by atomic mass is 19.1. The molecular formula is C24H22F2N5. The molecule has 0 aliphatic heterocycles. The van der Waals surface area contributed by atoms with Crippen LogP contribution in [0.25, 0.3) is 16.9 Å². The van der Waals surface area contributed by atoms with Gasteiger partial charge < -0.3 is 10.6 Å². The van der Waals surface area contributed by atoms with Gasteiger partial charge in [0.25, 0.3) is 0 Å². The Morgan fingerprint density at radius 3 is 2.48 bits per heavy atom. The predicted octanol–water partition coefficient (Wildman–Crippen LogP) is 4.25. The van der Waals surface area contributed by atoms with Gasteiger partial charge in [-0.2, -0.15) is 5.10 Å². The van der Waals surface area contributed by atoms with Crippen LogP contribution in [-0.2, 0) is 13.0 Å². The van der Waals surface area contributed by atoms with Crippen molar-refractivity contribution < 1.29 is 8.78 Å². The van der Waals surface area contributed by atoms with Gasteiger partial charge in [-0.05, 0) is 67.7 Å². The van der Waals surface area contributed by atoms with Crippen LogP contribution in [0.1, 0.15) is 16.7 Å². The van der Waals surface area contributed by atoms with E-state index in [1.807, 2.05) is 43.4 Å². The van der Waals surface area contributed by atoms with Crippen LogP contribution in [0.15, 0.2) is 61.1 Å². The Kier molecular flexibility index (Phi) is 5.77. The summed E-state index contributed by atoms with van der Waals surface area (Å²) in [6.45, 7) is 0.539. The van der Waals surface area contributed by atoms with E-state index in [2.05, 4.69) is 16.1 Å². The molecule has 0 spiro atoms. The van der Waals surface area contributed by atoms with Crippen molar-refractivity contribution in [1.29, 1.82) is 0 Å². The predicted molar refractivity (Wildman–Crippen MR) is 117 cm³/mol. The first kappa shape index (κ1) is 20.7. The van der Waals surface area contributed by atoms with Crippen molar-refractivity contribution in [2.75, 3.05) is 19.8 Å². The Balaban J connectivity index is 1.77. The third-order valence-corrected chi connectivity index (χ3v) is 4.94. The molecule has 0 atom stereocenters. The van der Waals surface area contributed by atoms with Crippen LogP contribution in [0, 0.1) is 17.7 Å². The molecule has 5 nitrogen and oxygen atoms in total. The number of nitrogens with two attached hydrogens (primary N) is 1. The lowest BCUT2D eigenvalue weighted by molar-refractivity contribution is 0.403. The Bertz CT molecular complexity index is 1170. The molecule has 1 radical (unpaired) electrons. The van der Waals surface area contributed by atoms with Crippen molar-refractivity contribution in [3.63, 3.8) is 0 Å². The molecule has 0 aliphatic carbocycles. The Hall–Kier alpha value is -3.58. The second-order valence-electron chi connectivity index (χ2n) is 7.57. The second-order valence-corrected chi connectivity index (χ2v) is 7.57.